The second kappa shape index (κ2) is 5.67. The number of nitrogens with zero attached hydrogens (tertiary/aromatic N) is 1. The van der Waals surface area contributed by atoms with Crippen LogP contribution >= 0.6 is 0 Å². The van der Waals surface area contributed by atoms with E-state index in [1.165, 1.54) is 0 Å². The second-order valence-corrected chi connectivity index (χ2v) is 5.17. The van der Waals surface area contributed by atoms with E-state index in [9.17, 15) is 0 Å². The molecular weight excluding hydrogens is 198 g/mol. The molecule has 1 rings (SSSR count). The van der Waals surface area contributed by atoms with Crippen LogP contribution < -0.4 is 0 Å². The third-order valence-corrected chi connectivity index (χ3v) is 2.35. The highest BCUT2D eigenvalue weighted by Crippen LogP contribution is 2.18. The molecule has 86 valence electrons. The molecule has 0 N–H and O–H groups in total. The molecule has 0 aliphatic rings. The monoisotopic (exact) mass is 217 g/mol. The van der Waals surface area contributed by atoms with Crippen molar-refractivity contribution in [3.8, 4) is 6.07 Å². The van der Waals surface area contributed by atoms with Gasteiger partial charge in [-0.1, -0.05) is 32.9 Å². The average Bonchev–Trinajstić information content (AvgIpc) is 2.24. The molecule has 0 aromatic heterocycles. The largest absolute Gasteiger partial charge is 0.377 e. The zero-order chi connectivity index (χ0) is 12.0. The summed E-state index contributed by atoms with van der Waals surface area (Å²) in [5.41, 5.74) is 2.14. The molecule has 2 heteroatoms. The summed E-state index contributed by atoms with van der Waals surface area (Å²) in [5.74, 6) is 0. The number of benzene rings is 1. The van der Waals surface area contributed by atoms with E-state index in [1.54, 1.807) is 0 Å². The quantitative estimate of drug-likeness (QED) is 0.723. The Morgan fingerprint density at radius 2 is 1.81 bits per heavy atom. The van der Waals surface area contributed by atoms with Gasteiger partial charge in [0.1, 0.15) is 0 Å². The molecule has 0 heterocycles. The van der Waals surface area contributed by atoms with Crippen LogP contribution in [-0.4, -0.2) is 6.61 Å². The Morgan fingerprint density at radius 3 is 2.31 bits per heavy atom. The van der Waals surface area contributed by atoms with Crippen LogP contribution in [0.4, 0.5) is 0 Å². The van der Waals surface area contributed by atoms with Crippen LogP contribution in [0.25, 0.3) is 0 Å². The second-order valence-electron chi connectivity index (χ2n) is 5.17. The average molecular weight is 217 g/mol. The van der Waals surface area contributed by atoms with Crippen LogP contribution in [0.2, 0.25) is 0 Å². The Morgan fingerprint density at radius 1 is 1.19 bits per heavy atom. The molecule has 0 atom stereocenters. The first-order valence-corrected chi connectivity index (χ1v) is 5.58. The van der Waals surface area contributed by atoms with Crippen molar-refractivity contribution in [1.29, 1.82) is 5.26 Å². The third-order valence-electron chi connectivity index (χ3n) is 2.35. The van der Waals surface area contributed by atoms with Crippen molar-refractivity contribution in [3.05, 3.63) is 35.4 Å². The predicted octanol–water partition coefficient (Wildman–Crippen LogP) is 3.51. The molecule has 0 saturated carbocycles. The minimum atomic E-state index is 0.324. The topological polar surface area (TPSA) is 33.0 Å². The van der Waals surface area contributed by atoms with Crippen molar-refractivity contribution in [1.82, 2.24) is 0 Å². The maximum absolute atomic E-state index is 8.65. The summed E-state index contributed by atoms with van der Waals surface area (Å²) in [6.07, 6.45) is 1.06. The van der Waals surface area contributed by atoms with Crippen molar-refractivity contribution in [2.45, 2.75) is 33.8 Å². The van der Waals surface area contributed by atoms with E-state index >= 15 is 0 Å². The fraction of sp³-hybridized carbons (Fsp3) is 0.500. The Balaban J connectivity index is 2.30. The van der Waals surface area contributed by atoms with Gasteiger partial charge < -0.3 is 4.74 Å². The molecule has 0 unspecified atom stereocenters. The van der Waals surface area contributed by atoms with Gasteiger partial charge in [0.25, 0.3) is 0 Å². The lowest BCUT2D eigenvalue weighted by Gasteiger charge is -2.17. The van der Waals surface area contributed by atoms with Gasteiger partial charge in [-0.2, -0.15) is 5.26 Å². The van der Waals surface area contributed by atoms with Crippen LogP contribution in [0.3, 0.4) is 0 Å². The molecule has 2 nitrogen and oxygen atoms in total. The summed E-state index contributed by atoms with van der Waals surface area (Å²) in [7, 11) is 0. The van der Waals surface area contributed by atoms with E-state index < -0.39 is 0 Å². The summed E-state index contributed by atoms with van der Waals surface area (Å²) in [6.45, 7) is 8.03. The summed E-state index contributed by atoms with van der Waals surface area (Å²) >= 11 is 0. The van der Waals surface area contributed by atoms with Crippen LogP contribution in [0.1, 0.15) is 38.3 Å². The van der Waals surface area contributed by atoms with Gasteiger partial charge >= 0.3 is 0 Å². The van der Waals surface area contributed by atoms with Crippen molar-refractivity contribution in [3.63, 3.8) is 0 Å². The summed E-state index contributed by atoms with van der Waals surface area (Å²) in [4.78, 5) is 0. The molecule has 0 aliphatic carbocycles. The molecule has 0 saturated heterocycles. The van der Waals surface area contributed by atoms with Gasteiger partial charge in [0.15, 0.2) is 0 Å². The molecule has 0 fully saturated rings. The number of ether oxygens (including phenoxy) is 1. The molecule has 0 amide bonds. The first-order valence-electron chi connectivity index (χ1n) is 5.58. The SMILES string of the molecule is CC(C)(C)CCOCc1ccc(C#N)cc1. The van der Waals surface area contributed by atoms with Gasteiger partial charge in [-0.15, -0.1) is 0 Å². The summed E-state index contributed by atoms with van der Waals surface area (Å²) < 4.78 is 5.59. The number of nitriles is 1. The lowest BCUT2D eigenvalue weighted by atomic mass is 9.93. The fourth-order valence-corrected chi connectivity index (χ4v) is 1.24. The summed E-state index contributed by atoms with van der Waals surface area (Å²) in [6, 6.07) is 9.62. The van der Waals surface area contributed by atoms with Crippen LogP contribution in [0, 0.1) is 16.7 Å². The van der Waals surface area contributed by atoms with Gasteiger partial charge in [0.05, 0.1) is 18.2 Å². The first-order chi connectivity index (χ1) is 7.51. The molecule has 0 aliphatic heterocycles. The Kier molecular flexibility index (Phi) is 4.52. The van der Waals surface area contributed by atoms with Gasteiger partial charge in [-0.3, -0.25) is 0 Å². The zero-order valence-electron chi connectivity index (χ0n) is 10.3. The molecular formula is C14H19NO. The zero-order valence-corrected chi connectivity index (χ0v) is 10.3. The number of rotatable bonds is 4. The fourth-order valence-electron chi connectivity index (χ4n) is 1.24. The van der Waals surface area contributed by atoms with E-state index in [-0.39, 0.29) is 0 Å². The van der Waals surface area contributed by atoms with Gasteiger partial charge in [0.2, 0.25) is 0 Å². The molecule has 0 radical (unpaired) electrons. The van der Waals surface area contributed by atoms with Crippen LogP contribution in [-0.2, 0) is 11.3 Å². The number of hydrogen-bond acceptors (Lipinski definition) is 2. The van der Waals surface area contributed by atoms with Crippen molar-refractivity contribution >= 4 is 0 Å². The van der Waals surface area contributed by atoms with Crippen molar-refractivity contribution in [2.24, 2.45) is 5.41 Å². The predicted molar refractivity (Wildman–Crippen MR) is 64.9 cm³/mol. The van der Waals surface area contributed by atoms with E-state index in [4.69, 9.17) is 10.00 Å². The van der Waals surface area contributed by atoms with Crippen molar-refractivity contribution < 1.29 is 4.74 Å². The highest BCUT2D eigenvalue weighted by atomic mass is 16.5. The minimum Gasteiger partial charge on any atom is -0.377 e. The number of hydrogen-bond donors (Lipinski definition) is 0. The lowest BCUT2D eigenvalue weighted by molar-refractivity contribution is 0.0962. The molecule has 16 heavy (non-hydrogen) atoms. The summed E-state index contributed by atoms with van der Waals surface area (Å²) in [5, 5.41) is 8.65. The normalized spacial score (nSPS) is 11.1. The highest BCUT2D eigenvalue weighted by Gasteiger charge is 2.09. The van der Waals surface area contributed by atoms with Crippen LogP contribution in [0.15, 0.2) is 24.3 Å². The molecule has 1 aromatic rings. The Labute approximate surface area is 97.9 Å². The maximum atomic E-state index is 8.65. The van der Waals surface area contributed by atoms with E-state index in [1.807, 2.05) is 24.3 Å². The molecule has 0 spiro atoms. The van der Waals surface area contributed by atoms with E-state index in [2.05, 4.69) is 26.8 Å². The van der Waals surface area contributed by atoms with Gasteiger partial charge in [-0.05, 0) is 29.5 Å². The highest BCUT2D eigenvalue weighted by molar-refractivity contribution is 5.31. The maximum Gasteiger partial charge on any atom is 0.0991 e. The van der Waals surface area contributed by atoms with Crippen molar-refractivity contribution in [2.75, 3.05) is 6.61 Å². The van der Waals surface area contributed by atoms with E-state index in [0.29, 0.717) is 17.6 Å². The third kappa shape index (κ3) is 4.95. The lowest BCUT2D eigenvalue weighted by Crippen LogP contribution is -2.09. The first kappa shape index (κ1) is 12.7. The van der Waals surface area contributed by atoms with Crippen LogP contribution in [0.5, 0.6) is 0 Å². The van der Waals surface area contributed by atoms with Gasteiger partial charge in [-0.25, -0.2) is 0 Å². The Hall–Kier alpha value is -1.33. The smallest absolute Gasteiger partial charge is 0.0991 e. The van der Waals surface area contributed by atoms with Gasteiger partial charge in [0, 0.05) is 6.61 Å². The standard InChI is InChI=1S/C14H19NO/c1-14(2,3)8-9-16-11-13-6-4-12(10-15)5-7-13/h4-7H,8-9,11H2,1-3H3. The molecule has 0 bridgehead atoms. The molecule has 1 aromatic carbocycles. The minimum absolute atomic E-state index is 0.324. The Bertz CT molecular complexity index is 354. The van der Waals surface area contributed by atoms with E-state index in [0.717, 1.165) is 18.6 Å².